The molecule has 0 spiro atoms. The fourth-order valence-corrected chi connectivity index (χ4v) is 1.30. The first-order chi connectivity index (χ1) is 6.79. The van der Waals surface area contributed by atoms with Gasteiger partial charge in [-0.15, -0.1) is 9.90 Å². The van der Waals surface area contributed by atoms with Crippen LogP contribution in [0.15, 0.2) is 30.5 Å². The summed E-state index contributed by atoms with van der Waals surface area (Å²) < 4.78 is 0. The molecule has 2 N–H and O–H groups in total. The smallest absolute Gasteiger partial charge is 0.166 e. The second kappa shape index (κ2) is 3.49. The molecule has 4 heteroatoms. The number of aromatic nitrogens is 3. The maximum absolute atomic E-state index is 5.49. The van der Waals surface area contributed by atoms with Crippen LogP contribution in [0.25, 0.3) is 5.69 Å². The van der Waals surface area contributed by atoms with E-state index in [-0.39, 0.29) is 0 Å². The van der Waals surface area contributed by atoms with Crippen molar-refractivity contribution in [2.75, 3.05) is 5.73 Å². The number of anilines is 1. The molecule has 2 aromatic rings. The summed E-state index contributed by atoms with van der Waals surface area (Å²) in [5.41, 5.74) is 7.70. The molecule has 72 valence electrons. The predicted molar refractivity (Wildman–Crippen MR) is 55.1 cm³/mol. The first kappa shape index (κ1) is 8.74. The maximum Gasteiger partial charge on any atom is 0.166 e. The van der Waals surface area contributed by atoms with Gasteiger partial charge in [0.2, 0.25) is 0 Å². The Balaban J connectivity index is 2.41. The highest BCUT2D eigenvalue weighted by atomic mass is 15.5. The zero-order chi connectivity index (χ0) is 9.97. The van der Waals surface area contributed by atoms with Crippen LogP contribution < -0.4 is 5.73 Å². The predicted octanol–water partition coefficient (Wildman–Crippen LogP) is 1.41. The van der Waals surface area contributed by atoms with Crippen LogP contribution >= 0.6 is 0 Å². The SMILES string of the molecule is CCc1cccc(-n2ncc(N)n2)c1. The third kappa shape index (κ3) is 1.59. The number of benzene rings is 1. The van der Waals surface area contributed by atoms with Crippen molar-refractivity contribution >= 4 is 5.82 Å². The van der Waals surface area contributed by atoms with Crippen LogP contribution in [0.2, 0.25) is 0 Å². The summed E-state index contributed by atoms with van der Waals surface area (Å²) in [5.74, 6) is 0.437. The highest BCUT2D eigenvalue weighted by molar-refractivity contribution is 5.35. The summed E-state index contributed by atoms with van der Waals surface area (Å²) >= 11 is 0. The first-order valence-electron chi connectivity index (χ1n) is 4.56. The molecule has 0 amide bonds. The Kier molecular flexibility index (Phi) is 2.18. The van der Waals surface area contributed by atoms with Gasteiger partial charge in [0.05, 0.1) is 11.9 Å². The Bertz CT molecular complexity index is 433. The van der Waals surface area contributed by atoms with E-state index >= 15 is 0 Å². The molecule has 0 fully saturated rings. The van der Waals surface area contributed by atoms with Crippen molar-refractivity contribution in [2.45, 2.75) is 13.3 Å². The van der Waals surface area contributed by atoms with E-state index in [9.17, 15) is 0 Å². The van der Waals surface area contributed by atoms with Crippen LogP contribution in [0, 0.1) is 0 Å². The summed E-state index contributed by atoms with van der Waals surface area (Å²) in [4.78, 5) is 1.54. The first-order valence-corrected chi connectivity index (χ1v) is 4.56. The zero-order valence-electron chi connectivity index (χ0n) is 8.01. The number of nitrogen functional groups attached to an aromatic ring is 1. The van der Waals surface area contributed by atoms with Crippen molar-refractivity contribution in [1.29, 1.82) is 0 Å². The average molecular weight is 188 g/mol. The van der Waals surface area contributed by atoms with Crippen molar-refractivity contribution in [2.24, 2.45) is 0 Å². The van der Waals surface area contributed by atoms with E-state index in [1.165, 1.54) is 10.4 Å². The molecule has 0 unspecified atom stereocenters. The number of rotatable bonds is 2. The van der Waals surface area contributed by atoms with Gasteiger partial charge in [-0.3, -0.25) is 0 Å². The van der Waals surface area contributed by atoms with Crippen LogP contribution in [0.4, 0.5) is 5.82 Å². The normalized spacial score (nSPS) is 10.4. The van der Waals surface area contributed by atoms with E-state index in [0.29, 0.717) is 5.82 Å². The molecule has 1 aromatic heterocycles. The van der Waals surface area contributed by atoms with Crippen molar-refractivity contribution in [3.8, 4) is 5.69 Å². The molecule has 0 radical (unpaired) electrons. The fourth-order valence-electron chi connectivity index (χ4n) is 1.30. The molecule has 14 heavy (non-hydrogen) atoms. The Morgan fingerprint density at radius 2 is 2.29 bits per heavy atom. The molecule has 0 aliphatic carbocycles. The highest BCUT2D eigenvalue weighted by Gasteiger charge is 2.00. The molecular weight excluding hydrogens is 176 g/mol. The third-order valence-corrected chi connectivity index (χ3v) is 2.06. The summed E-state index contributed by atoms with van der Waals surface area (Å²) in [7, 11) is 0. The van der Waals surface area contributed by atoms with Crippen molar-refractivity contribution in [3.63, 3.8) is 0 Å². The molecule has 1 heterocycles. The van der Waals surface area contributed by atoms with Crippen molar-refractivity contribution < 1.29 is 0 Å². The van der Waals surface area contributed by atoms with E-state index in [2.05, 4.69) is 29.3 Å². The summed E-state index contributed by atoms with van der Waals surface area (Å²) in [5, 5.41) is 8.08. The monoisotopic (exact) mass is 188 g/mol. The van der Waals surface area contributed by atoms with Gasteiger partial charge in [0.1, 0.15) is 0 Å². The average Bonchev–Trinajstić information content (AvgIpc) is 2.65. The summed E-state index contributed by atoms with van der Waals surface area (Å²) in [6, 6.07) is 8.09. The second-order valence-electron chi connectivity index (χ2n) is 3.08. The Hall–Kier alpha value is -1.84. The van der Waals surface area contributed by atoms with Gasteiger partial charge in [-0.25, -0.2) is 0 Å². The van der Waals surface area contributed by atoms with Crippen LogP contribution in [0.3, 0.4) is 0 Å². The van der Waals surface area contributed by atoms with E-state index in [1.807, 2.05) is 12.1 Å². The van der Waals surface area contributed by atoms with Gasteiger partial charge in [-0.05, 0) is 24.1 Å². The third-order valence-electron chi connectivity index (χ3n) is 2.06. The minimum atomic E-state index is 0.437. The number of nitrogens with two attached hydrogens (primary N) is 1. The lowest BCUT2D eigenvalue weighted by Crippen LogP contribution is -1.99. The quantitative estimate of drug-likeness (QED) is 0.775. The van der Waals surface area contributed by atoms with Gasteiger partial charge in [0, 0.05) is 0 Å². The van der Waals surface area contributed by atoms with Crippen LogP contribution in [-0.4, -0.2) is 15.0 Å². The summed E-state index contributed by atoms with van der Waals surface area (Å²) in [6.07, 6.45) is 2.54. The lowest BCUT2D eigenvalue weighted by atomic mass is 10.1. The van der Waals surface area contributed by atoms with Gasteiger partial charge in [-0.2, -0.15) is 5.10 Å². The molecular formula is C10H12N4. The van der Waals surface area contributed by atoms with Gasteiger partial charge < -0.3 is 5.73 Å². The standard InChI is InChI=1S/C10H12N4/c1-2-8-4-3-5-9(6-8)14-12-7-10(11)13-14/h3-7H,2H2,1H3,(H2,11,13). The van der Waals surface area contributed by atoms with Gasteiger partial charge in [-0.1, -0.05) is 19.1 Å². The largest absolute Gasteiger partial charge is 0.381 e. The number of hydrogen-bond donors (Lipinski definition) is 1. The minimum absolute atomic E-state index is 0.437. The Labute approximate surface area is 82.4 Å². The van der Waals surface area contributed by atoms with Gasteiger partial charge >= 0.3 is 0 Å². The second-order valence-corrected chi connectivity index (χ2v) is 3.08. The molecule has 0 saturated heterocycles. The molecule has 2 rings (SSSR count). The number of hydrogen-bond acceptors (Lipinski definition) is 3. The van der Waals surface area contributed by atoms with E-state index in [0.717, 1.165) is 12.1 Å². The fraction of sp³-hybridized carbons (Fsp3) is 0.200. The molecule has 0 aliphatic rings. The van der Waals surface area contributed by atoms with Crippen LogP contribution in [0.5, 0.6) is 0 Å². The Morgan fingerprint density at radius 1 is 1.43 bits per heavy atom. The highest BCUT2D eigenvalue weighted by Crippen LogP contribution is 2.09. The van der Waals surface area contributed by atoms with E-state index in [4.69, 9.17) is 5.73 Å². The molecule has 0 aliphatic heterocycles. The van der Waals surface area contributed by atoms with Gasteiger partial charge in [0.25, 0.3) is 0 Å². The molecule has 0 atom stereocenters. The maximum atomic E-state index is 5.49. The van der Waals surface area contributed by atoms with Crippen LogP contribution in [0.1, 0.15) is 12.5 Å². The topological polar surface area (TPSA) is 56.7 Å². The molecule has 0 saturated carbocycles. The van der Waals surface area contributed by atoms with Crippen molar-refractivity contribution in [3.05, 3.63) is 36.0 Å². The summed E-state index contributed by atoms with van der Waals surface area (Å²) in [6.45, 7) is 2.12. The van der Waals surface area contributed by atoms with Crippen LogP contribution in [-0.2, 0) is 6.42 Å². The lowest BCUT2D eigenvalue weighted by molar-refractivity contribution is 0.753. The molecule has 4 nitrogen and oxygen atoms in total. The lowest BCUT2D eigenvalue weighted by Gasteiger charge is -2.01. The van der Waals surface area contributed by atoms with E-state index in [1.54, 1.807) is 6.20 Å². The number of nitrogens with zero attached hydrogens (tertiary/aromatic N) is 3. The van der Waals surface area contributed by atoms with E-state index < -0.39 is 0 Å². The molecule has 0 bridgehead atoms. The molecule has 1 aromatic carbocycles. The number of aryl methyl sites for hydroxylation is 1. The van der Waals surface area contributed by atoms with Gasteiger partial charge in [0.15, 0.2) is 5.82 Å². The minimum Gasteiger partial charge on any atom is -0.381 e. The Morgan fingerprint density at radius 3 is 2.93 bits per heavy atom. The van der Waals surface area contributed by atoms with Crippen molar-refractivity contribution in [1.82, 2.24) is 15.0 Å². The zero-order valence-corrected chi connectivity index (χ0v) is 8.01.